The monoisotopic (exact) mass is 416 g/mol. The highest BCUT2D eigenvalue weighted by molar-refractivity contribution is 5.93. The smallest absolute Gasteiger partial charge is 0.319 e. The number of carbonyl (C=O) groups excluding carboxylic acids is 2. The number of Topliss-reactive ketones (excluding diaryl/α,β-unsaturated/α-hetero) is 1. The Balaban J connectivity index is 1.79. The van der Waals surface area contributed by atoms with Gasteiger partial charge >= 0.3 is 6.03 Å². The number of amides is 2. The van der Waals surface area contributed by atoms with E-state index in [1.807, 2.05) is 18.2 Å². The summed E-state index contributed by atoms with van der Waals surface area (Å²) in [6.45, 7) is 1.46. The molecule has 2 unspecified atom stereocenters. The quantitative estimate of drug-likeness (QED) is 0.584. The molecule has 158 valence electrons. The lowest BCUT2D eigenvalue weighted by Crippen LogP contribution is -2.38. The van der Waals surface area contributed by atoms with Crippen molar-refractivity contribution >= 4 is 29.1 Å². The van der Waals surface area contributed by atoms with Gasteiger partial charge in [0, 0.05) is 5.69 Å². The first-order valence-corrected chi connectivity index (χ1v) is 10.0. The zero-order valence-corrected chi connectivity index (χ0v) is 17.2. The van der Waals surface area contributed by atoms with Gasteiger partial charge in [-0.3, -0.25) is 9.69 Å². The highest BCUT2D eigenvalue weighted by Crippen LogP contribution is 2.40. The largest absolute Gasteiger partial charge is 0.383 e. The summed E-state index contributed by atoms with van der Waals surface area (Å²) in [5.74, 6) is -0.627. The average molecular weight is 416 g/mol. The van der Waals surface area contributed by atoms with Crippen molar-refractivity contribution in [1.82, 2.24) is 9.97 Å². The molecule has 0 radical (unpaired) electrons. The standard InChI is InChI=1S/C23H24N6O2/c1-13(30)19(20-21(24)27-12-28-22(20)25)15-6-4-7-16(11-15)29(23(26)31)18-10-9-14-5-2-3-8-17(14)18/h2-8,11-12,18-19H,9-10H2,1H3,(H2,26,31)(H4,24,25,27,28). The number of nitrogen functional groups attached to an aromatic ring is 2. The number of urea groups is 1. The van der Waals surface area contributed by atoms with Crippen LogP contribution in [0.2, 0.25) is 0 Å². The van der Waals surface area contributed by atoms with Crippen molar-refractivity contribution < 1.29 is 9.59 Å². The molecule has 6 N–H and O–H groups in total. The van der Waals surface area contributed by atoms with Crippen LogP contribution in [0.3, 0.4) is 0 Å². The molecule has 0 fully saturated rings. The zero-order chi connectivity index (χ0) is 22.1. The molecule has 2 aromatic carbocycles. The Morgan fingerprint density at radius 2 is 1.77 bits per heavy atom. The lowest BCUT2D eigenvalue weighted by atomic mass is 9.88. The van der Waals surface area contributed by atoms with Crippen LogP contribution in [-0.2, 0) is 11.2 Å². The van der Waals surface area contributed by atoms with E-state index < -0.39 is 11.9 Å². The van der Waals surface area contributed by atoms with Crippen LogP contribution in [0.5, 0.6) is 0 Å². The SMILES string of the molecule is CC(=O)C(c1cccc(N(C(N)=O)C2CCc3ccccc32)c1)c1c(N)ncnc1N. The summed E-state index contributed by atoms with van der Waals surface area (Å²) in [6, 6.07) is 14.5. The number of carbonyl (C=O) groups is 2. The number of benzene rings is 2. The van der Waals surface area contributed by atoms with E-state index in [2.05, 4.69) is 16.0 Å². The first kappa shape index (κ1) is 20.3. The number of nitrogens with two attached hydrogens (primary N) is 3. The van der Waals surface area contributed by atoms with E-state index in [0.29, 0.717) is 16.8 Å². The fraction of sp³-hybridized carbons (Fsp3) is 0.217. The molecular weight excluding hydrogens is 392 g/mol. The number of fused-ring (bicyclic) bond motifs is 1. The Bertz CT molecular complexity index is 1140. The van der Waals surface area contributed by atoms with E-state index in [1.165, 1.54) is 18.8 Å². The van der Waals surface area contributed by atoms with E-state index in [-0.39, 0.29) is 23.5 Å². The molecule has 1 aromatic heterocycles. The highest BCUT2D eigenvalue weighted by atomic mass is 16.2. The van der Waals surface area contributed by atoms with E-state index >= 15 is 0 Å². The second kappa shape index (κ2) is 8.06. The summed E-state index contributed by atoms with van der Waals surface area (Å²) in [6.07, 6.45) is 2.90. The third-order valence-electron chi connectivity index (χ3n) is 5.77. The number of aryl methyl sites for hydroxylation is 1. The molecule has 4 rings (SSSR count). The van der Waals surface area contributed by atoms with E-state index in [4.69, 9.17) is 17.2 Å². The molecular formula is C23H24N6O2. The van der Waals surface area contributed by atoms with Crippen molar-refractivity contribution in [2.24, 2.45) is 5.73 Å². The normalized spacial score (nSPS) is 15.8. The highest BCUT2D eigenvalue weighted by Gasteiger charge is 2.32. The second-order valence-electron chi connectivity index (χ2n) is 7.66. The van der Waals surface area contributed by atoms with Crippen molar-refractivity contribution in [3.8, 4) is 0 Å². The summed E-state index contributed by atoms with van der Waals surface area (Å²) in [7, 11) is 0. The molecule has 2 amide bonds. The molecule has 3 aromatic rings. The van der Waals surface area contributed by atoms with Crippen molar-refractivity contribution in [1.29, 1.82) is 0 Å². The predicted octanol–water partition coefficient (Wildman–Crippen LogP) is 2.93. The molecule has 0 saturated carbocycles. The fourth-order valence-electron chi connectivity index (χ4n) is 4.44. The molecule has 8 nitrogen and oxygen atoms in total. The van der Waals surface area contributed by atoms with Crippen LogP contribution >= 0.6 is 0 Å². The number of aromatic nitrogens is 2. The lowest BCUT2D eigenvalue weighted by Gasteiger charge is -2.29. The predicted molar refractivity (Wildman–Crippen MR) is 119 cm³/mol. The van der Waals surface area contributed by atoms with Crippen molar-refractivity contribution in [3.05, 3.63) is 77.1 Å². The van der Waals surface area contributed by atoms with Gasteiger partial charge in [-0.05, 0) is 48.6 Å². The fourth-order valence-corrected chi connectivity index (χ4v) is 4.44. The van der Waals surface area contributed by atoms with Crippen LogP contribution < -0.4 is 22.1 Å². The summed E-state index contributed by atoms with van der Waals surface area (Å²) in [5, 5.41) is 0. The van der Waals surface area contributed by atoms with Crippen LogP contribution in [0.15, 0.2) is 54.9 Å². The molecule has 1 heterocycles. The molecule has 0 aliphatic heterocycles. The number of primary amides is 1. The first-order valence-electron chi connectivity index (χ1n) is 10.0. The summed E-state index contributed by atoms with van der Waals surface area (Å²) in [4.78, 5) is 34.7. The molecule has 0 saturated heterocycles. The van der Waals surface area contributed by atoms with Crippen molar-refractivity contribution in [3.63, 3.8) is 0 Å². The van der Waals surface area contributed by atoms with Crippen molar-refractivity contribution in [2.75, 3.05) is 16.4 Å². The Hall–Kier alpha value is -3.94. The third-order valence-corrected chi connectivity index (χ3v) is 5.77. The average Bonchev–Trinajstić information content (AvgIpc) is 3.14. The topological polar surface area (TPSA) is 141 Å². The van der Waals surface area contributed by atoms with Gasteiger partial charge in [0.1, 0.15) is 23.7 Å². The zero-order valence-electron chi connectivity index (χ0n) is 17.2. The minimum absolute atomic E-state index is 0.148. The summed E-state index contributed by atoms with van der Waals surface area (Å²) < 4.78 is 0. The minimum Gasteiger partial charge on any atom is -0.383 e. The van der Waals surface area contributed by atoms with Gasteiger partial charge in [0.2, 0.25) is 0 Å². The van der Waals surface area contributed by atoms with Gasteiger partial charge < -0.3 is 17.2 Å². The number of hydrogen-bond acceptors (Lipinski definition) is 6. The number of ketones is 1. The Kier molecular flexibility index (Phi) is 5.29. The molecule has 1 aliphatic rings. The molecule has 1 aliphatic carbocycles. The summed E-state index contributed by atoms with van der Waals surface area (Å²) in [5.41, 5.74) is 21.8. The Morgan fingerprint density at radius 3 is 2.45 bits per heavy atom. The maximum atomic E-state index is 12.6. The third kappa shape index (κ3) is 3.68. The maximum Gasteiger partial charge on any atom is 0.319 e. The van der Waals surface area contributed by atoms with Gasteiger partial charge in [0.05, 0.1) is 17.5 Å². The van der Waals surface area contributed by atoms with Gasteiger partial charge in [-0.1, -0.05) is 36.4 Å². The van der Waals surface area contributed by atoms with Gasteiger partial charge in [-0.2, -0.15) is 0 Å². The van der Waals surface area contributed by atoms with Gasteiger partial charge in [-0.15, -0.1) is 0 Å². The first-order chi connectivity index (χ1) is 14.9. The van der Waals surface area contributed by atoms with E-state index in [0.717, 1.165) is 18.4 Å². The van der Waals surface area contributed by atoms with Crippen LogP contribution in [-0.4, -0.2) is 21.8 Å². The molecule has 2 atom stereocenters. The molecule has 0 bridgehead atoms. The van der Waals surface area contributed by atoms with Crippen molar-refractivity contribution in [2.45, 2.75) is 31.7 Å². The van der Waals surface area contributed by atoms with E-state index in [9.17, 15) is 9.59 Å². The van der Waals surface area contributed by atoms with E-state index in [1.54, 1.807) is 29.2 Å². The van der Waals surface area contributed by atoms with Gasteiger partial charge in [-0.25, -0.2) is 14.8 Å². The molecule has 8 heteroatoms. The second-order valence-corrected chi connectivity index (χ2v) is 7.66. The summed E-state index contributed by atoms with van der Waals surface area (Å²) >= 11 is 0. The lowest BCUT2D eigenvalue weighted by molar-refractivity contribution is -0.117. The van der Waals surface area contributed by atoms with Crippen LogP contribution in [0.25, 0.3) is 0 Å². The number of hydrogen-bond donors (Lipinski definition) is 3. The Morgan fingerprint density at radius 1 is 1.06 bits per heavy atom. The van der Waals surface area contributed by atoms with Gasteiger partial charge in [0.15, 0.2) is 0 Å². The minimum atomic E-state index is -0.758. The Labute approximate surface area is 180 Å². The van der Waals surface area contributed by atoms with Crippen LogP contribution in [0, 0.1) is 0 Å². The number of rotatable bonds is 5. The molecule has 0 spiro atoms. The maximum absolute atomic E-state index is 12.6. The molecule has 31 heavy (non-hydrogen) atoms. The van der Waals surface area contributed by atoms with Crippen LogP contribution in [0.4, 0.5) is 22.1 Å². The van der Waals surface area contributed by atoms with Crippen LogP contribution in [0.1, 0.15) is 47.6 Å². The number of nitrogens with zero attached hydrogens (tertiary/aromatic N) is 3. The number of anilines is 3. The van der Waals surface area contributed by atoms with Gasteiger partial charge in [0.25, 0.3) is 0 Å².